The van der Waals surface area contributed by atoms with E-state index in [9.17, 15) is 10.1 Å². The van der Waals surface area contributed by atoms with Crippen LogP contribution in [0.15, 0.2) is 29.8 Å². The van der Waals surface area contributed by atoms with Gasteiger partial charge in [-0.3, -0.25) is 14.5 Å². The summed E-state index contributed by atoms with van der Waals surface area (Å²) in [6.07, 6.45) is 1.87. The second-order valence-corrected chi connectivity index (χ2v) is 5.50. The number of thiazole rings is 1. The number of nitro benzene ring substituents is 1. The molecule has 0 atom stereocenters. The number of rotatable bonds is 4. The molecule has 2 aromatic heterocycles. The van der Waals surface area contributed by atoms with Crippen molar-refractivity contribution in [2.75, 3.05) is 0 Å². The Balaban J connectivity index is 1.96. The SMILES string of the molecule is Cc1cc(Oc2nc3sccn3c2CCl)ccc1[N+](=O)[O-]. The Bertz CT molecular complexity index is 827. The Labute approximate surface area is 128 Å². The van der Waals surface area contributed by atoms with E-state index in [1.54, 1.807) is 19.1 Å². The minimum Gasteiger partial charge on any atom is -0.437 e. The molecule has 108 valence electrons. The molecule has 6 nitrogen and oxygen atoms in total. The number of ether oxygens (including phenoxy) is 1. The molecule has 0 saturated heterocycles. The molecule has 0 bridgehead atoms. The minimum absolute atomic E-state index is 0.0609. The normalized spacial score (nSPS) is 11.0. The molecule has 0 radical (unpaired) electrons. The summed E-state index contributed by atoms with van der Waals surface area (Å²) in [6.45, 7) is 1.67. The minimum atomic E-state index is -0.421. The number of imidazole rings is 1. The quantitative estimate of drug-likeness (QED) is 0.411. The molecule has 21 heavy (non-hydrogen) atoms. The van der Waals surface area contributed by atoms with Gasteiger partial charge in [-0.25, -0.2) is 0 Å². The Morgan fingerprint density at radius 1 is 1.52 bits per heavy atom. The highest BCUT2D eigenvalue weighted by Crippen LogP contribution is 2.31. The van der Waals surface area contributed by atoms with Gasteiger partial charge >= 0.3 is 0 Å². The maximum atomic E-state index is 10.8. The molecule has 0 amide bonds. The number of alkyl halides is 1. The first kappa shape index (κ1) is 13.8. The van der Waals surface area contributed by atoms with Gasteiger partial charge in [0.05, 0.1) is 10.8 Å². The lowest BCUT2D eigenvalue weighted by molar-refractivity contribution is -0.385. The first-order chi connectivity index (χ1) is 10.1. The summed E-state index contributed by atoms with van der Waals surface area (Å²) in [6, 6.07) is 4.59. The van der Waals surface area contributed by atoms with Crippen LogP contribution in [-0.2, 0) is 5.88 Å². The molecule has 0 spiro atoms. The zero-order chi connectivity index (χ0) is 15.0. The van der Waals surface area contributed by atoms with E-state index < -0.39 is 4.92 Å². The molecule has 0 aliphatic carbocycles. The summed E-state index contributed by atoms with van der Waals surface area (Å²) < 4.78 is 7.59. The zero-order valence-corrected chi connectivity index (χ0v) is 12.5. The van der Waals surface area contributed by atoms with E-state index in [1.165, 1.54) is 17.4 Å². The van der Waals surface area contributed by atoms with E-state index in [4.69, 9.17) is 16.3 Å². The predicted molar refractivity (Wildman–Crippen MR) is 80.5 cm³/mol. The Hall–Kier alpha value is -2.12. The molecule has 3 aromatic rings. The maximum absolute atomic E-state index is 10.8. The zero-order valence-electron chi connectivity index (χ0n) is 10.9. The third-order valence-corrected chi connectivity index (χ3v) is 4.04. The number of halogens is 1. The highest BCUT2D eigenvalue weighted by molar-refractivity contribution is 7.15. The molecular formula is C13H10ClN3O3S. The molecule has 3 rings (SSSR count). The number of nitro groups is 1. The number of hydrogen-bond donors (Lipinski definition) is 0. The fraction of sp³-hybridized carbons (Fsp3) is 0.154. The number of fused-ring (bicyclic) bond motifs is 1. The van der Waals surface area contributed by atoms with Gasteiger partial charge in [-0.2, -0.15) is 4.98 Å². The molecule has 1 aromatic carbocycles. The molecule has 0 aliphatic heterocycles. The summed E-state index contributed by atoms with van der Waals surface area (Å²) in [5.41, 5.74) is 1.35. The third kappa shape index (κ3) is 2.45. The topological polar surface area (TPSA) is 69.7 Å². The molecule has 0 N–H and O–H groups in total. The van der Waals surface area contributed by atoms with Crippen molar-refractivity contribution in [2.24, 2.45) is 0 Å². The van der Waals surface area contributed by atoms with Crippen molar-refractivity contribution in [3.63, 3.8) is 0 Å². The smallest absolute Gasteiger partial charge is 0.272 e. The molecule has 0 unspecified atom stereocenters. The average molecular weight is 324 g/mol. The van der Waals surface area contributed by atoms with Gasteiger partial charge in [0, 0.05) is 23.2 Å². The van der Waals surface area contributed by atoms with Crippen molar-refractivity contribution in [1.82, 2.24) is 9.38 Å². The third-order valence-electron chi connectivity index (χ3n) is 3.03. The Morgan fingerprint density at radius 2 is 2.33 bits per heavy atom. The average Bonchev–Trinajstić information content (AvgIpc) is 2.98. The van der Waals surface area contributed by atoms with Crippen molar-refractivity contribution >= 4 is 33.6 Å². The van der Waals surface area contributed by atoms with Crippen LogP contribution in [0.25, 0.3) is 4.96 Å². The van der Waals surface area contributed by atoms with E-state index in [-0.39, 0.29) is 11.6 Å². The second kappa shape index (κ2) is 5.34. The van der Waals surface area contributed by atoms with Crippen LogP contribution in [-0.4, -0.2) is 14.3 Å². The Morgan fingerprint density at radius 3 is 3.00 bits per heavy atom. The molecule has 0 saturated carbocycles. The molecule has 0 aliphatic rings. The number of hydrogen-bond acceptors (Lipinski definition) is 5. The van der Waals surface area contributed by atoms with Gasteiger partial charge < -0.3 is 4.74 Å². The number of benzene rings is 1. The molecule has 8 heteroatoms. The van der Waals surface area contributed by atoms with Crippen LogP contribution >= 0.6 is 22.9 Å². The first-order valence-electron chi connectivity index (χ1n) is 6.03. The van der Waals surface area contributed by atoms with Crippen LogP contribution in [0.4, 0.5) is 5.69 Å². The standard InChI is InChI=1S/C13H10ClN3O3S/c1-8-6-9(2-3-10(8)17(18)19)20-12-11(7-14)16-4-5-21-13(16)15-12/h2-6H,7H2,1H3. The largest absolute Gasteiger partial charge is 0.437 e. The second-order valence-electron chi connectivity index (χ2n) is 4.36. The van der Waals surface area contributed by atoms with Gasteiger partial charge in [0.2, 0.25) is 5.88 Å². The van der Waals surface area contributed by atoms with Crippen molar-refractivity contribution < 1.29 is 9.66 Å². The van der Waals surface area contributed by atoms with Gasteiger partial charge in [-0.05, 0) is 19.1 Å². The van der Waals surface area contributed by atoms with Gasteiger partial charge in [0.1, 0.15) is 11.4 Å². The molecular weight excluding hydrogens is 314 g/mol. The van der Waals surface area contributed by atoms with Crippen LogP contribution in [0.5, 0.6) is 11.6 Å². The van der Waals surface area contributed by atoms with Crippen LogP contribution < -0.4 is 4.74 Å². The van der Waals surface area contributed by atoms with Crippen LogP contribution in [0.3, 0.4) is 0 Å². The van der Waals surface area contributed by atoms with Crippen LogP contribution in [0.2, 0.25) is 0 Å². The fourth-order valence-corrected chi connectivity index (χ4v) is 2.99. The number of aromatic nitrogens is 2. The van der Waals surface area contributed by atoms with Crippen molar-refractivity contribution in [2.45, 2.75) is 12.8 Å². The summed E-state index contributed by atoms with van der Waals surface area (Å²) in [5.74, 6) is 1.18. The summed E-state index contributed by atoms with van der Waals surface area (Å²) in [7, 11) is 0. The summed E-state index contributed by atoms with van der Waals surface area (Å²) >= 11 is 7.43. The van der Waals surface area contributed by atoms with Gasteiger partial charge in [-0.15, -0.1) is 22.9 Å². The van der Waals surface area contributed by atoms with Crippen molar-refractivity contribution in [3.05, 3.63) is 51.1 Å². The number of nitrogens with zero attached hydrogens (tertiary/aromatic N) is 3. The van der Waals surface area contributed by atoms with Crippen molar-refractivity contribution in [1.29, 1.82) is 0 Å². The lowest BCUT2D eigenvalue weighted by atomic mass is 10.2. The first-order valence-corrected chi connectivity index (χ1v) is 7.45. The highest BCUT2D eigenvalue weighted by atomic mass is 35.5. The number of aryl methyl sites for hydroxylation is 1. The lowest BCUT2D eigenvalue weighted by Gasteiger charge is -2.05. The van der Waals surface area contributed by atoms with Crippen LogP contribution in [0.1, 0.15) is 11.3 Å². The van der Waals surface area contributed by atoms with E-state index in [0.29, 0.717) is 17.2 Å². The predicted octanol–water partition coefficient (Wildman–Crippen LogP) is 4.14. The van der Waals surface area contributed by atoms with E-state index >= 15 is 0 Å². The van der Waals surface area contributed by atoms with Gasteiger partial charge in [-0.1, -0.05) is 0 Å². The summed E-state index contributed by atoms with van der Waals surface area (Å²) in [4.78, 5) is 15.5. The van der Waals surface area contributed by atoms with E-state index in [1.807, 2.05) is 16.0 Å². The summed E-state index contributed by atoms with van der Waals surface area (Å²) in [5, 5.41) is 12.7. The maximum Gasteiger partial charge on any atom is 0.272 e. The van der Waals surface area contributed by atoms with Crippen molar-refractivity contribution in [3.8, 4) is 11.6 Å². The van der Waals surface area contributed by atoms with Gasteiger partial charge in [0.25, 0.3) is 5.69 Å². The molecule has 0 fully saturated rings. The monoisotopic (exact) mass is 323 g/mol. The fourth-order valence-electron chi connectivity index (χ4n) is 2.02. The lowest BCUT2D eigenvalue weighted by Crippen LogP contribution is -1.94. The van der Waals surface area contributed by atoms with Crippen LogP contribution in [0, 0.1) is 17.0 Å². The highest BCUT2D eigenvalue weighted by Gasteiger charge is 2.16. The van der Waals surface area contributed by atoms with E-state index in [0.717, 1.165) is 10.7 Å². The molecule has 2 heterocycles. The van der Waals surface area contributed by atoms with E-state index in [2.05, 4.69) is 4.98 Å². The Kier molecular flexibility index (Phi) is 3.52. The van der Waals surface area contributed by atoms with Gasteiger partial charge in [0.15, 0.2) is 4.96 Å².